The van der Waals surface area contributed by atoms with Gasteiger partial charge in [0.1, 0.15) is 5.82 Å². The van der Waals surface area contributed by atoms with E-state index in [-0.39, 0.29) is 5.56 Å². The zero-order chi connectivity index (χ0) is 17.8. The average molecular weight is 355 g/mol. The Balaban J connectivity index is 1.89. The fourth-order valence-corrected chi connectivity index (χ4v) is 2.57. The van der Waals surface area contributed by atoms with Crippen LogP contribution in [0.2, 0.25) is 5.02 Å². The highest BCUT2D eigenvalue weighted by Gasteiger charge is 2.11. The van der Waals surface area contributed by atoms with Crippen molar-refractivity contribution in [1.29, 1.82) is 0 Å². The first-order valence-corrected chi connectivity index (χ1v) is 7.86. The third-order valence-corrected chi connectivity index (χ3v) is 3.91. The topological polar surface area (TPSA) is 87.1 Å². The summed E-state index contributed by atoms with van der Waals surface area (Å²) in [7, 11) is 1.77. The maximum Gasteiger partial charge on any atom is 0.335 e. The lowest BCUT2D eigenvalue weighted by Gasteiger charge is -2.12. The number of carboxylic acids is 1. The van der Waals surface area contributed by atoms with Gasteiger partial charge in [-0.15, -0.1) is 0 Å². The van der Waals surface area contributed by atoms with Crippen molar-refractivity contribution in [1.82, 2.24) is 9.97 Å². The molecule has 0 saturated carbocycles. The monoisotopic (exact) mass is 354 g/mol. The molecule has 0 radical (unpaired) electrons. The van der Waals surface area contributed by atoms with Crippen LogP contribution >= 0.6 is 11.6 Å². The summed E-state index contributed by atoms with van der Waals surface area (Å²) in [6, 6.07) is 13.8. The van der Waals surface area contributed by atoms with Gasteiger partial charge in [0.2, 0.25) is 5.95 Å². The number of rotatable bonds is 5. The highest BCUT2D eigenvalue weighted by atomic mass is 35.5. The van der Waals surface area contributed by atoms with E-state index in [0.29, 0.717) is 22.5 Å². The molecule has 6 nitrogen and oxygen atoms in total. The molecular weight excluding hydrogens is 340 g/mol. The van der Waals surface area contributed by atoms with Crippen LogP contribution in [0.4, 0.5) is 17.5 Å². The molecule has 3 N–H and O–H groups in total. The molecule has 25 heavy (non-hydrogen) atoms. The number of halogens is 1. The zero-order valence-corrected chi connectivity index (χ0v) is 14.1. The van der Waals surface area contributed by atoms with Crippen LogP contribution in [0.25, 0.3) is 11.1 Å². The summed E-state index contributed by atoms with van der Waals surface area (Å²) in [5.74, 6) is 0.0559. The van der Waals surface area contributed by atoms with Crippen molar-refractivity contribution in [2.24, 2.45) is 0 Å². The normalized spacial score (nSPS) is 10.3. The van der Waals surface area contributed by atoms with Gasteiger partial charge in [0.05, 0.1) is 5.56 Å². The van der Waals surface area contributed by atoms with E-state index < -0.39 is 5.97 Å². The Bertz CT molecular complexity index is 913. The van der Waals surface area contributed by atoms with Crippen molar-refractivity contribution in [2.75, 3.05) is 17.7 Å². The number of nitrogens with one attached hydrogen (secondary N) is 2. The van der Waals surface area contributed by atoms with Crippen LogP contribution in [0.3, 0.4) is 0 Å². The van der Waals surface area contributed by atoms with Gasteiger partial charge in [-0.05, 0) is 30.3 Å². The van der Waals surface area contributed by atoms with Crippen LogP contribution in [0.15, 0.2) is 54.7 Å². The number of nitrogens with zero attached hydrogens (tertiary/aromatic N) is 2. The number of carbonyl (C=O) groups is 1. The molecule has 3 rings (SSSR count). The van der Waals surface area contributed by atoms with Crippen LogP contribution in [-0.2, 0) is 0 Å². The van der Waals surface area contributed by atoms with Gasteiger partial charge in [-0.2, -0.15) is 4.98 Å². The Morgan fingerprint density at radius 1 is 1.08 bits per heavy atom. The van der Waals surface area contributed by atoms with Crippen LogP contribution in [0.1, 0.15) is 10.4 Å². The van der Waals surface area contributed by atoms with Gasteiger partial charge in [0.25, 0.3) is 0 Å². The first-order chi connectivity index (χ1) is 12.1. The maximum absolute atomic E-state index is 10.9. The van der Waals surface area contributed by atoms with Crippen LogP contribution in [0.5, 0.6) is 0 Å². The lowest BCUT2D eigenvalue weighted by atomic mass is 10.1. The molecule has 2 aromatic carbocycles. The Morgan fingerprint density at radius 3 is 2.44 bits per heavy atom. The van der Waals surface area contributed by atoms with E-state index >= 15 is 0 Å². The summed E-state index contributed by atoms with van der Waals surface area (Å²) in [6.07, 6.45) is 1.69. The van der Waals surface area contributed by atoms with Crippen LogP contribution in [0, 0.1) is 0 Å². The molecule has 0 saturated heterocycles. The number of anilines is 3. The van der Waals surface area contributed by atoms with E-state index in [4.69, 9.17) is 16.7 Å². The second-order valence-corrected chi connectivity index (χ2v) is 5.60. The summed E-state index contributed by atoms with van der Waals surface area (Å²) in [6.45, 7) is 0. The molecule has 0 unspecified atom stereocenters. The number of carboxylic acid groups (broad SMARTS) is 1. The molecule has 0 spiro atoms. The molecule has 0 aliphatic heterocycles. The van der Waals surface area contributed by atoms with Gasteiger partial charge >= 0.3 is 5.97 Å². The van der Waals surface area contributed by atoms with Gasteiger partial charge in [-0.1, -0.05) is 29.8 Å². The minimum Gasteiger partial charge on any atom is -0.478 e. The fraction of sp³-hybridized carbons (Fsp3) is 0.0556. The molecule has 0 atom stereocenters. The summed E-state index contributed by atoms with van der Waals surface area (Å²) in [5.41, 5.74) is 2.54. The average Bonchev–Trinajstić information content (AvgIpc) is 2.63. The van der Waals surface area contributed by atoms with E-state index in [2.05, 4.69) is 20.6 Å². The van der Waals surface area contributed by atoms with E-state index in [0.717, 1.165) is 11.1 Å². The first-order valence-electron chi connectivity index (χ1n) is 7.48. The molecule has 1 heterocycles. The minimum absolute atomic E-state index is 0.219. The fourth-order valence-electron chi connectivity index (χ4n) is 2.33. The van der Waals surface area contributed by atoms with E-state index in [1.807, 2.05) is 24.3 Å². The Kier molecular flexibility index (Phi) is 4.81. The predicted octanol–water partition coefficient (Wildman–Crippen LogP) is 4.28. The van der Waals surface area contributed by atoms with Gasteiger partial charge in [-0.3, -0.25) is 0 Å². The minimum atomic E-state index is -0.968. The standard InChI is InChI=1S/C18H15ClN4O2/c1-20-16-14(13-4-2-3-5-15(13)19)10-21-18(23-16)22-12-8-6-11(7-9-12)17(24)25/h2-10H,1H3,(H,24,25)(H2,20,21,22,23). The van der Waals surface area contributed by atoms with Crippen LogP contribution < -0.4 is 10.6 Å². The number of aromatic nitrogens is 2. The quantitative estimate of drug-likeness (QED) is 0.634. The highest BCUT2D eigenvalue weighted by Crippen LogP contribution is 2.32. The van der Waals surface area contributed by atoms with Gasteiger partial charge in [-0.25, -0.2) is 9.78 Å². The van der Waals surface area contributed by atoms with E-state index in [9.17, 15) is 4.79 Å². The van der Waals surface area contributed by atoms with Crippen molar-refractivity contribution in [2.45, 2.75) is 0 Å². The molecule has 0 fully saturated rings. The van der Waals surface area contributed by atoms with Crippen molar-refractivity contribution in [3.05, 3.63) is 65.3 Å². The molecule has 7 heteroatoms. The first kappa shape index (κ1) is 16.7. The van der Waals surface area contributed by atoms with Crippen molar-refractivity contribution in [3.8, 4) is 11.1 Å². The summed E-state index contributed by atoms with van der Waals surface area (Å²) in [4.78, 5) is 19.7. The lowest BCUT2D eigenvalue weighted by Crippen LogP contribution is -2.03. The Morgan fingerprint density at radius 2 is 1.80 bits per heavy atom. The number of hydrogen-bond acceptors (Lipinski definition) is 5. The Hall–Kier alpha value is -3.12. The number of hydrogen-bond donors (Lipinski definition) is 3. The van der Waals surface area contributed by atoms with Gasteiger partial charge in [0.15, 0.2) is 0 Å². The molecular formula is C18H15ClN4O2. The summed E-state index contributed by atoms with van der Waals surface area (Å²) < 4.78 is 0. The zero-order valence-electron chi connectivity index (χ0n) is 13.3. The van der Waals surface area contributed by atoms with E-state index in [1.165, 1.54) is 12.1 Å². The van der Waals surface area contributed by atoms with Gasteiger partial charge in [0, 0.05) is 35.1 Å². The van der Waals surface area contributed by atoms with Crippen molar-refractivity contribution >= 4 is 35.0 Å². The van der Waals surface area contributed by atoms with Crippen molar-refractivity contribution < 1.29 is 9.90 Å². The second-order valence-electron chi connectivity index (χ2n) is 5.19. The highest BCUT2D eigenvalue weighted by molar-refractivity contribution is 6.33. The van der Waals surface area contributed by atoms with E-state index in [1.54, 1.807) is 25.4 Å². The number of benzene rings is 2. The smallest absolute Gasteiger partial charge is 0.335 e. The lowest BCUT2D eigenvalue weighted by molar-refractivity contribution is 0.0697. The van der Waals surface area contributed by atoms with Crippen LogP contribution in [-0.4, -0.2) is 28.1 Å². The molecule has 0 aliphatic carbocycles. The predicted molar refractivity (Wildman–Crippen MR) is 98.7 cm³/mol. The Labute approximate surface area is 149 Å². The molecule has 1 aromatic heterocycles. The largest absolute Gasteiger partial charge is 0.478 e. The molecule has 0 bridgehead atoms. The van der Waals surface area contributed by atoms with Crippen molar-refractivity contribution in [3.63, 3.8) is 0 Å². The third kappa shape index (κ3) is 3.70. The summed E-state index contributed by atoms with van der Waals surface area (Å²) in [5, 5.41) is 15.6. The van der Waals surface area contributed by atoms with Gasteiger partial charge < -0.3 is 15.7 Å². The molecule has 0 amide bonds. The third-order valence-electron chi connectivity index (χ3n) is 3.58. The molecule has 0 aliphatic rings. The summed E-state index contributed by atoms with van der Waals surface area (Å²) >= 11 is 6.25. The maximum atomic E-state index is 10.9. The number of aromatic carboxylic acids is 1. The molecule has 3 aromatic rings. The second kappa shape index (κ2) is 7.19. The molecule has 126 valence electrons. The SMILES string of the molecule is CNc1nc(Nc2ccc(C(=O)O)cc2)ncc1-c1ccccc1Cl.